The van der Waals surface area contributed by atoms with E-state index < -0.39 is 10.1 Å². The lowest BCUT2D eigenvalue weighted by Crippen LogP contribution is -2.24. The summed E-state index contributed by atoms with van der Waals surface area (Å²) < 4.78 is 32.3. The molecule has 0 aliphatic heterocycles. The minimum absolute atomic E-state index is 0.0305. The van der Waals surface area contributed by atoms with Gasteiger partial charge in [-0.3, -0.25) is 4.79 Å². The third-order valence-corrected chi connectivity index (χ3v) is 6.58. The van der Waals surface area contributed by atoms with Crippen LogP contribution in [0.15, 0.2) is 28.9 Å². The number of allylic oxidation sites excluding steroid dienone is 2. The minimum Gasteiger partial charge on any atom is -0.383 e. The summed E-state index contributed by atoms with van der Waals surface area (Å²) in [4.78, 5) is 12.3. The molecular weight excluding hydrogens is 372 g/mol. The highest BCUT2D eigenvalue weighted by Gasteiger charge is 2.33. The van der Waals surface area contributed by atoms with Gasteiger partial charge < -0.3 is 4.18 Å². The van der Waals surface area contributed by atoms with E-state index in [9.17, 15) is 13.2 Å². The highest BCUT2D eigenvalue weighted by Crippen LogP contribution is 2.39. The lowest BCUT2D eigenvalue weighted by atomic mass is 9.80. The lowest BCUT2D eigenvalue weighted by Gasteiger charge is -2.29. The lowest BCUT2D eigenvalue weighted by molar-refractivity contribution is -0.117. The number of hydrogen-bond donors (Lipinski definition) is 0. The highest BCUT2D eigenvalue weighted by atomic mass is 32.2. The zero-order chi connectivity index (χ0) is 21.4. The smallest absolute Gasteiger partial charge is 0.339 e. The van der Waals surface area contributed by atoms with Gasteiger partial charge in [-0.05, 0) is 39.9 Å². The van der Waals surface area contributed by atoms with Crippen molar-refractivity contribution in [2.24, 2.45) is 5.41 Å². The van der Waals surface area contributed by atoms with Crippen LogP contribution in [0.2, 0.25) is 0 Å². The molecule has 0 amide bonds. The van der Waals surface area contributed by atoms with Gasteiger partial charge in [-0.2, -0.15) is 8.42 Å². The summed E-state index contributed by atoms with van der Waals surface area (Å²) in [5, 5.41) is 0. The number of benzene rings is 1. The topological polar surface area (TPSA) is 60.4 Å². The molecule has 28 heavy (non-hydrogen) atoms. The summed E-state index contributed by atoms with van der Waals surface area (Å²) in [5.74, 6) is 0.501. The SMILES string of the molecule is CC(C)c1cc(C(C)C)c(S(=O)(=O)OC2=CC(=O)CC(C)(C)C2)c(C(C)C)c1. The second-order valence-electron chi connectivity index (χ2n) is 9.62. The highest BCUT2D eigenvalue weighted by molar-refractivity contribution is 7.87. The van der Waals surface area contributed by atoms with Crippen molar-refractivity contribution in [1.29, 1.82) is 0 Å². The normalized spacial score (nSPS) is 17.4. The molecule has 5 heteroatoms. The molecule has 1 aromatic carbocycles. The maximum Gasteiger partial charge on any atom is 0.339 e. The van der Waals surface area contributed by atoms with Crippen molar-refractivity contribution in [3.63, 3.8) is 0 Å². The van der Waals surface area contributed by atoms with E-state index >= 15 is 0 Å². The standard InChI is InChI=1S/C23H34O4S/c1-14(2)17-9-20(15(3)4)22(21(10-17)16(5)6)28(25,26)27-19-11-18(24)12-23(7,8)13-19/h9-11,14-16H,12-13H2,1-8H3. The van der Waals surface area contributed by atoms with Crippen molar-refractivity contribution in [3.8, 4) is 0 Å². The van der Waals surface area contributed by atoms with Crippen LogP contribution < -0.4 is 0 Å². The van der Waals surface area contributed by atoms with Gasteiger partial charge in [0.05, 0.1) is 0 Å². The van der Waals surface area contributed by atoms with Crippen LogP contribution in [0, 0.1) is 5.41 Å². The number of hydrogen-bond acceptors (Lipinski definition) is 4. The van der Waals surface area contributed by atoms with Gasteiger partial charge in [0.25, 0.3) is 0 Å². The molecule has 0 atom stereocenters. The van der Waals surface area contributed by atoms with E-state index in [1.54, 1.807) is 0 Å². The van der Waals surface area contributed by atoms with E-state index in [4.69, 9.17) is 4.18 Å². The van der Waals surface area contributed by atoms with Crippen LogP contribution in [0.1, 0.15) is 103 Å². The monoisotopic (exact) mass is 406 g/mol. The quantitative estimate of drug-likeness (QED) is 0.541. The Hall–Kier alpha value is -1.62. The fourth-order valence-corrected chi connectivity index (χ4v) is 5.34. The molecule has 0 heterocycles. The van der Waals surface area contributed by atoms with Crippen molar-refractivity contribution in [1.82, 2.24) is 0 Å². The number of carbonyl (C=O) groups excluding carboxylic acids is 1. The van der Waals surface area contributed by atoms with Gasteiger partial charge >= 0.3 is 10.1 Å². The Labute approximate surface area is 170 Å². The van der Waals surface area contributed by atoms with Crippen LogP contribution in [-0.4, -0.2) is 14.2 Å². The minimum atomic E-state index is -4.05. The van der Waals surface area contributed by atoms with Crippen LogP contribution in [0.5, 0.6) is 0 Å². The van der Waals surface area contributed by atoms with Crippen LogP contribution in [0.3, 0.4) is 0 Å². The Morgan fingerprint density at radius 1 is 0.893 bits per heavy atom. The third-order valence-electron chi connectivity index (χ3n) is 5.17. The molecule has 0 bridgehead atoms. The third kappa shape index (κ3) is 5.05. The summed E-state index contributed by atoms with van der Waals surface area (Å²) in [6.45, 7) is 16.1. The number of ketones is 1. The zero-order valence-electron chi connectivity index (χ0n) is 18.4. The van der Waals surface area contributed by atoms with E-state index in [2.05, 4.69) is 13.8 Å². The molecule has 0 saturated carbocycles. The van der Waals surface area contributed by atoms with Crippen molar-refractivity contribution in [3.05, 3.63) is 40.7 Å². The Bertz CT molecular complexity index is 858. The Morgan fingerprint density at radius 2 is 1.39 bits per heavy atom. The second kappa shape index (κ2) is 8.02. The van der Waals surface area contributed by atoms with Crippen LogP contribution in [0.4, 0.5) is 0 Å². The Kier molecular flexibility index (Phi) is 6.49. The van der Waals surface area contributed by atoms with E-state index in [1.807, 2.05) is 53.7 Å². The van der Waals surface area contributed by atoms with E-state index in [-0.39, 0.29) is 33.7 Å². The first-order valence-electron chi connectivity index (χ1n) is 10.1. The molecule has 1 aromatic rings. The summed E-state index contributed by atoms with van der Waals surface area (Å²) in [7, 11) is -4.05. The molecule has 1 aliphatic carbocycles. The maximum atomic E-state index is 13.4. The molecule has 0 fully saturated rings. The van der Waals surface area contributed by atoms with E-state index in [0.29, 0.717) is 18.8 Å². The van der Waals surface area contributed by atoms with Gasteiger partial charge in [0.2, 0.25) is 0 Å². The molecular formula is C23H34O4S. The van der Waals surface area contributed by atoms with Crippen molar-refractivity contribution < 1.29 is 17.4 Å². The molecule has 1 aliphatic rings. The molecule has 2 rings (SSSR count). The predicted molar refractivity (Wildman–Crippen MR) is 113 cm³/mol. The number of rotatable bonds is 6. The van der Waals surface area contributed by atoms with Gasteiger partial charge in [-0.15, -0.1) is 0 Å². The average molecular weight is 407 g/mol. The van der Waals surface area contributed by atoms with E-state index in [0.717, 1.165) is 16.7 Å². The molecule has 0 aromatic heterocycles. The molecule has 0 radical (unpaired) electrons. The Balaban J connectivity index is 2.62. The molecule has 0 N–H and O–H groups in total. The van der Waals surface area contributed by atoms with Crippen LogP contribution in [0.25, 0.3) is 0 Å². The van der Waals surface area contributed by atoms with Crippen molar-refractivity contribution >= 4 is 15.9 Å². The van der Waals surface area contributed by atoms with Gasteiger partial charge in [-0.25, -0.2) is 0 Å². The van der Waals surface area contributed by atoms with Crippen molar-refractivity contribution in [2.75, 3.05) is 0 Å². The fraction of sp³-hybridized carbons (Fsp3) is 0.609. The van der Waals surface area contributed by atoms with E-state index in [1.165, 1.54) is 6.08 Å². The summed E-state index contributed by atoms with van der Waals surface area (Å²) in [6.07, 6.45) is 2.17. The molecule has 0 spiro atoms. The zero-order valence-corrected chi connectivity index (χ0v) is 19.2. The van der Waals surface area contributed by atoms with Gasteiger partial charge in [0, 0.05) is 18.9 Å². The molecule has 0 saturated heterocycles. The van der Waals surface area contributed by atoms with Gasteiger partial charge in [0.15, 0.2) is 5.78 Å². The molecule has 4 nitrogen and oxygen atoms in total. The van der Waals surface area contributed by atoms with Crippen LogP contribution >= 0.6 is 0 Å². The first kappa shape index (κ1) is 22.7. The van der Waals surface area contributed by atoms with Gasteiger partial charge in [0.1, 0.15) is 10.7 Å². The average Bonchev–Trinajstić information content (AvgIpc) is 2.50. The summed E-state index contributed by atoms with van der Waals surface area (Å²) in [6, 6.07) is 3.98. The second-order valence-corrected chi connectivity index (χ2v) is 11.1. The Morgan fingerprint density at radius 3 is 1.79 bits per heavy atom. The summed E-state index contributed by atoms with van der Waals surface area (Å²) in [5.41, 5.74) is 2.37. The fourth-order valence-electron chi connectivity index (χ4n) is 3.70. The maximum absolute atomic E-state index is 13.4. The largest absolute Gasteiger partial charge is 0.383 e. The molecule has 156 valence electrons. The van der Waals surface area contributed by atoms with Crippen LogP contribution in [-0.2, 0) is 19.1 Å². The summed E-state index contributed by atoms with van der Waals surface area (Å²) >= 11 is 0. The predicted octanol–water partition coefficient (Wildman–Crippen LogP) is 6.04. The van der Waals surface area contributed by atoms with Crippen molar-refractivity contribution in [2.45, 2.75) is 90.9 Å². The first-order valence-corrected chi connectivity index (χ1v) is 11.5. The first-order chi connectivity index (χ1) is 12.7. The molecule has 0 unspecified atom stereocenters. The number of carbonyl (C=O) groups is 1. The van der Waals surface area contributed by atoms with Gasteiger partial charge in [-0.1, -0.05) is 67.5 Å².